The van der Waals surface area contributed by atoms with Gasteiger partial charge in [0, 0.05) is 62.7 Å². The number of rotatable bonds is 12. The van der Waals surface area contributed by atoms with E-state index in [2.05, 4.69) is 10.2 Å². The van der Waals surface area contributed by atoms with Gasteiger partial charge in [-0.1, -0.05) is 6.07 Å². The number of hydrogen-bond donors (Lipinski definition) is 1. The van der Waals surface area contributed by atoms with Crippen molar-refractivity contribution < 1.29 is 26.9 Å². The van der Waals surface area contributed by atoms with E-state index in [0.717, 1.165) is 31.6 Å². The van der Waals surface area contributed by atoms with E-state index in [9.17, 15) is 18.0 Å². The molecular weight excluding hydrogens is 470 g/mol. The van der Waals surface area contributed by atoms with Crippen molar-refractivity contribution in [2.75, 3.05) is 37.0 Å². The fraction of sp³-hybridized carbons (Fsp3) is 0.440. The smallest absolute Gasteiger partial charge is 0.339 e. The second-order valence-electron chi connectivity index (χ2n) is 8.39. The van der Waals surface area contributed by atoms with E-state index in [1.165, 1.54) is 38.3 Å². The maximum Gasteiger partial charge on any atom is 0.339 e. The molecule has 0 saturated heterocycles. The van der Waals surface area contributed by atoms with Crippen LogP contribution in [0.1, 0.15) is 39.2 Å². The fourth-order valence-corrected chi connectivity index (χ4v) is 4.77. The monoisotopic (exact) mass is 503 g/mol. The highest BCUT2D eigenvalue weighted by atomic mass is 32.2. The third-order valence-corrected chi connectivity index (χ3v) is 7.01. The molecule has 2 aromatic carbocycles. The van der Waals surface area contributed by atoms with Crippen molar-refractivity contribution in [3.8, 4) is 5.75 Å². The molecule has 9 nitrogen and oxygen atoms in total. The molecule has 10 heteroatoms. The van der Waals surface area contributed by atoms with Gasteiger partial charge in [-0.25, -0.2) is 0 Å². The van der Waals surface area contributed by atoms with Gasteiger partial charge < -0.3 is 24.0 Å². The van der Waals surface area contributed by atoms with Gasteiger partial charge in [-0.3, -0.25) is 9.59 Å². The molecule has 2 aromatic rings. The van der Waals surface area contributed by atoms with Crippen LogP contribution in [0.5, 0.6) is 5.75 Å². The van der Waals surface area contributed by atoms with Crippen molar-refractivity contribution in [3.63, 3.8) is 0 Å². The van der Waals surface area contributed by atoms with E-state index in [0.29, 0.717) is 11.3 Å². The Hall–Kier alpha value is -3.11. The van der Waals surface area contributed by atoms with E-state index in [1.54, 1.807) is 11.0 Å². The number of carbonyl (C=O) groups excluding carboxylic acids is 2. The van der Waals surface area contributed by atoms with Gasteiger partial charge in [-0.15, -0.1) is 0 Å². The van der Waals surface area contributed by atoms with Crippen LogP contribution in [-0.2, 0) is 31.0 Å². The average Bonchev–Trinajstić information content (AvgIpc) is 3.64. The van der Waals surface area contributed by atoms with Crippen LogP contribution in [0.4, 0.5) is 11.4 Å². The highest BCUT2D eigenvalue weighted by Gasteiger charge is 2.33. The molecule has 1 aliphatic carbocycles. The van der Waals surface area contributed by atoms with Crippen LogP contribution >= 0.6 is 0 Å². The van der Waals surface area contributed by atoms with Gasteiger partial charge in [0.2, 0.25) is 11.8 Å². The normalized spacial score (nSPS) is 13.3. The predicted molar refractivity (Wildman–Crippen MR) is 134 cm³/mol. The molecule has 1 saturated carbocycles. The Morgan fingerprint density at radius 1 is 1.06 bits per heavy atom. The molecule has 1 N–H and O–H groups in total. The summed E-state index contributed by atoms with van der Waals surface area (Å²) in [6, 6.07) is 11.3. The lowest BCUT2D eigenvalue weighted by atomic mass is 10.1. The Bertz CT molecular complexity index is 1140. The molecular formula is C25H33N3O6S. The molecule has 0 unspecified atom stereocenters. The number of carbonyl (C=O) groups is 2. The first-order valence-corrected chi connectivity index (χ1v) is 13.1. The highest BCUT2D eigenvalue weighted by Crippen LogP contribution is 2.34. The van der Waals surface area contributed by atoms with Crippen LogP contribution in [0.15, 0.2) is 47.4 Å². The maximum atomic E-state index is 13.2. The van der Waals surface area contributed by atoms with Crippen molar-refractivity contribution in [2.24, 2.45) is 0 Å². The number of amides is 2. The lowest BCUT2D eigenvalue weighted by molar-refractivity contribution is -0.136. The van der Waals surface area contributed by atoms with Crippen molar-refractivity contribution in [3.05, 3.63) is 48.0 Å². The number of nitrogens with zero attached hydrogens (tertiary/aromatic N) is 2. The molecule has 1 fully saturated rings. The van der Waals surface area contributed by atoms with Gasteiger partial charge >= 0.3 is 10.1 Å². The summed E-state index contributed by atoms with van der Waals surface area (Å²) in [6.45, 7) is 7.08. The molecule has 0 aliphatic heterocycles. The van der Waals surface area contributed by atoms with Crippen molar-refractivity contribution >= 4 is 33.3 Å². The van der Waals surface area contributed by atoms with Crippen LogP contribution < -0.4 is 14.4 Å². The Morgan fingerprint density at radius 3 is 2.26 bits per heavy atom. The molecule has 190 valence electrons. The van der Waals surface area contributed by atoms with Gasteiger partial charge in [0.25, 0.3) is 0 Å². The fourth-order valence-electron chi connectivity index (χ4n) is 3.81. The summed E-state index contributed by atoms with van der Waals surface area (Å²) in [5, 5.41) is 2.61. The Balaban J connectivity index is 1.94. The van der Waals surface area contributed by atoms with Crippen LogP contribution in [0.2, 0.25) is 0 Å². The second-order valence-corrected chi connectivity index (χ2v) is 9.94. The number of nitrogens with one attached hydrogen (secondary N) is 1. The van der Waals surface area contributed by atoms with E-state index >= 15 is 0 Å². The van der Waals surface area contributed by atoms with E-state index < -0.39 is 10.1 Å². The minimum absolute atomic E-state index is 0.0385. The summed E-state index contributed by atoms with van der Waals surface area (Å²) >= 11 is 0. The summed E-state index contributed by atoms with van der Waals surface area (Å²) in [7, 11) is -2.69. The topological polar surface area (TPSA) is 105 Å². The van der Waals surface area contributed by atoms with Crippen LogP contribution in [0.3, 0.4) is 0 Å². The Labute approximate surface area is 207 Å². The molecule has 0 heterocycles. The zero-order valence-corrected chi connectivity index (χ0v) is 21.4. The van der Waals surface area contributed by atoms with Crippen LogP contribution in [0.25, 0.3) is 0 Å². The SMILES string of the molecule is CCN(CC)c1ccc(CN(C(=O)COC)C2CC2)c(OS(=O)(=O)c2ccc(NC(C)=O)cc2)c1. The van der Waals surface area contributed by atoms with E-state index in [4.69, 9.17) is 8.92 Å². The first-order chi connectivity index (χ1) is 16.7. The van der Waals surface area contributed by atoms with Crippen molar-refractivity contribution in [2.45, 2.75) is 51.1 Å². The van der Waals surface area contributed by atoms with E-state index in [-0.39, 0.29) is 41.7 Å². The predicted octanol–water partition coefficient (Wildman–Crippen LogP) is 3.40. The molecule has 0 bridgehead atoms. The number of benzene rings is 2. The number of anilines is 2. The van der Waals surface area contributed by atoms with Gasteiger partial charge in [-0.05, 0) is 57.0 Å². The Morgan fingerprint density at radius 2 is 1.71 bits per heavy atom. The highest BCUT2D eigenvalue weighted by molar-refractivity contribution is 7.87. The molecule has 35 heavy (non-hydrogen) atoms. The summed E-state index contributed by atoms with van der Waals surface area (Å²) in [6.07, 6.45) is 1.81. The molecule has 2 amide bonds. The van der Waals surface area contributed by atoms with Crippen LogP contribution in [0, 0.1) is 0 Å². The number of methoxy groups -OCH3 is 1. The third kappa shape index (κ3) is 6.95. The lowest BCUT2D eigenvalue weighted by Gasteiger charge is -2.26. The minimum Gasteiger partial charge on any atom is -0.379 e. The molecule has 0 aromatic heterocycles. The molecule has 3 rings (SSSR count). The summed E-state index contributed by atoms with van der Waals surface area (Å²) in [4.78, 5) is 27.6. The Kier molecular flexibility index (Phi) is 8.74. The van der Waals surface area contributed by atoms with Crippen LogP contribution in [-0.4, -0.2) is 58.0 Å². The average molecular weight is 504 g/mol. The molecule has 0 spiro atoms. The largest absolute Gasteiger partial charge is 0.379 e. The first-order valence-electron chi connectivity index (χ1n) is 11.7. The zero-order valence-electron chi connectivity index (χ0n) is 20.6. The van der Waals surface area contributed by atoms with Gasteiger partial charge in [0.05, 0.1) is 0 Å². The standard InChI is InChI=1S/C25H33N3O6S/c1-5-27(6-2)22-10-7-19(16-28(21-11-12-21)25(30)17-33-4)24(15-22)34-35(31,32)23-13-8-20(9-14-23)26-18(3)29/h7-10,13-15,21H,5-6,11-12,16-17H2,1-4H3,(H,26,29). The summed E-state index contributed by atoms with van der Waals surface area (Å²) in [5.74, 6) is -0.223. The van der Waals surface area contributed by atoms with Gasteiger partial charge in [0.1, 0.15) is 17.3 Å². The number of ether oxygens (including phenoxy) is 1. The minimum atomic E-state index is -4.17. The quantitative estimate of drug-likeness (QED) is 0.443. The van der Waals surface area contributed by atoms with Gasteiger partial charge in [-0.2, -0.15) is 8.42 Å². The summed E-state index contributed by atoms with van der Waals surface area (Å²) in [5.41, 5.74) is 1.90. The lowest BCUT2D eigenvalue weighted by Crippen LogP contribution is -2.35. The van der Waals surface area contributed by atoms with Crippen molar-refractivity contribution in [1.82, 2.24) is 4.90 Å². The van der Waals surface area contributed by atoms with E-state index in [1.807, 2.05) is 26.0 Å². The number of hydrogen-bond acceptors (Lipinski definition) is 7. The molecule has 0 atom stereocenters. The first kappa shape index (κ1) is 26.5. The van der Waals surface area contributed by atoms with Gasteiger partial charge in [0.15, 0.2) is 0 Å². The molecule has 0 radical (unpaired) electrons. The molecule has 1 aliphatic rings. The second kappa shape index (κ2) is 11.5. The zero-order chi connectivity index (χ0) is 25.6. The van der Waals surface area contributed by atoms with Crippen molar-refractivity contribution in [1.29, 1.82) is 0 Å². The summed E-state index contributed by atoms with van der Waals surface area (Å²) < 4.78 is 37.0. The maximum absolute atomic E-state index is 13.2. The third-order valence-electron chi connectivity index (χ3n) is 5.76.